The number of ether oxygens (including phenoxy) is 2. The second-order valence-corrected chi connectivity index (χ2v) is 13.7. The van der Waals surface area contributed by atoms with Crippen LogP contribution in [0.2, 0.25) is 0 Å². The molecule has 0 radical (unpaired) electrons. The van der Waals surface area contributed by atoms with Crippen LogP contribution in [0.25, 0.3) is 21.8 Å². The van der Waals surface area contributed by atoms with Crippen molar-refractivity contribution in [3.63, 3.8) is 0 Å². The van der Waals surface area contributed by atoms with Crippen molar-refractivity contribution in [1.82, 2.24) is 19.8 Å². The van der Waals surface area contributed by atoms with Crippen molar-refractivity contribution in [1.29, 1.82) is 0 Å². The number of aromatic amines is 2. The van der Waals surface area contributed by atoms with Crippen LogP contribution in [0, 0.1) is 5.92 Å². The van der Waals surface area contributed by atoms with Crippen LogP contribution in [0.4, 0.5) is 0 Å². The number of hydrogen-bond acceptors (Lipinski definition) is 7. The fourth-order valence-electron chi connectivity index (χ4n) is 8.78. The van der Waals surface area contributed by atoms with Crippen LogP contribution in [0.1, 0.15) is 72.1 Å². The SMILES string of the molecule is CN1[C@@H]2CC[C@H]1CC(OC(=O)c1c[nH]c3ccccc13)C2.O=C(OC1C[C@@H]2CC3C[C@H](C1)N2CC3=O)c1c[nH]c2ccccc12. The van der Waals surface area contributed by atoms with E-state index in [1.54, 1.807) is 12.4 Å². The van der Waals surface area contributed by atoms with Gasteiger partial charge in [0.05, 0.1) is 17.7 Å². The van der Waals surface area contributed by atoms with Crippen LogP contribution in [-0.4, -0.2) is 87.5 Å². The zero-order chi connectivity index (χ0) is 30.7. The van der Waals surface area contributed by atoms with Gasteiger partial charge >= 0.3 is 11.9 Å². The molecule has 4 unspecified atom stereocenters. The molecular formula is C36H40N4O5. The molecular weight excluding hydrogens is 568 g/mol. The number of aromatic nitrogens is 2. The number of H-pyrrole nitrogens is 2. The van der Waals surface area contributed by atoms with Gasteiger partial charge in [-0.2, -0.15) is 0 Å². The van der Waals surface area contributed by atoms with Gasteiger partial charge in [0.15, 0.2) is 0 Å². The number of carbonyl (C=O) groups is 3. The van der Waals surface area contributed by atoms with E-state index < -0.39 is 0 Å². The number of piperidine rings is 5. The molecule has 9 nitrogen and oxygen atoms in total. The molecule has 45 heavy (non-hydrogen) atoms. The van der Waals surface area contributed by atoms with Crippen LogP contribution in [0.15, 0.2) is 60.9 Å². The molecule has 2 aromatic heterocycles. The molecule has 6 aliphatic rings. The highest BCUT2D eigenvalue weighted by Gasteiger charge is 2.49. The van der Waals surface area contributed by atoms with E-state index in [2.05, 4.69) is 26.8 Å². The predicted molar refractivity (Wildman–Crippen MR) is 170 cm³/mol. The first-order chi connectivity index (χ1) is 21.9. The van der Waals surface area contributed by atoms with Crippen molar-refractivity contribution in [2.75, 3.05) is 13.6 Å². The van der Waals surface area contributed by atoms with E-state index in [1.165, 1.54) is 12.8 Å². The lowest BCUT2D eigenvalue weighted by molar-refractivity contribution is -0.145. The maximum Gasteiger partial charge on any atom is 0.340 e. The summed E-state index contributed by atoms with van der Waals surface area (Å²) in [4.78, 5) is 48.0. The van der Waals surface area contributed by atoms with E-state index in [0.717, 1.165) is 60.3 Å². The Morgan fingerprint density at radius 2 is 1.16 bits per heavy atom. The van der Waals surface area contributed by atoms with E-state index in [-0.39, 0.29) is 30.1 Å². The molecule has 2 N–H and O–H groups in total. The lowest BCUT2D eigenvalue weighted by Gasteiger charge is -2.54. The van der Waals surface area contributed by atoms with Crippen molar-refractivity contribution in [2.45, 2.75) is 87.7 Å². The first-order valence-electron chi connectivity index (χ1n) is 16.5. The van der Waals surface area contributed by atoms with Gasteiger partial charge in [0.1, 0.15) is 18.0 Å². The molecule has 0 spiro atoms. The molecule has 4 aromatic rings. The summed E-state index contributed by atoms with van der Waals surface area (Å²) in [6.45, 7) is 0.600. The largest absolute Gasteiger partial charge is 0.459 e. The molecule has 0 aliphatic carbocycles. The van der Waals surface area contributed by atoms with Gasteiger partial charge in [-0.05, 0) is 44.9 Å². The minimum Gasteiger partial charge on any atom is -0.459 e. The molecule has 9 heteroatoms. The Morgan fingerprint density at radius 3 is 1.64 bits per heavy atom. The lowest BCUT2D eigenvalue weighted by Crippen LogP contribution is -2.63. The molecule has 234 valence electrons. The molecule has 6 bridgehead atoms. The normalized spacial score (nSPS) is 31.9. The van der Waals surface area contributed by atoms with E-state index in [0.29, 0.717) is 47.6 Å². The van der Waals surface area contributed by atoms with E-state index in [9.17, 15) is 14.4 Å². The zero-order valence-electron chi connectivity index (χ0n) is 25.6. The molecule has 8 heterocycles. The predicted octanol–water partition coefficient (Wildman–Crippen LogP) is 5.47. The fraction of sp³-hybridized carbons (Fsp3) is 0.472. The van der Waals surface area contributed by atoms with Crippen molar-refractivity contribution < 1.29 is 23.9 Å². The monoisotopic (exact) mass is 608 g/mol. The number of carbonyl (C=O) groups excluding carboxylic acids is 3. The molecule has 6 fully saturated rings. The quantitative estimate of drug-likeness (QED) is 0.296. The number of Topliss-reactive ketones (excluding diaryl/α,β-unsaturated/α-hetero) is 1. The average molecular weight is 609 g/mol. The highest BCUT2D eigenvalue weighted by molar-refractivity contribution is 6.04. The Kier molecular flexibility index (Phi) is 7.25. The second kappa shape index (κ2) is 11.4. The van der Waals surface area contributed by atoms with Gasteiger partial charge in [-0.3, -0.25) is 9.69 Å². The minimum absolute atomic E-state index is 0.0356. The fourth-order valence-corrected chi connectivity index (χ4v) is 8.78. The maximum atomic E-state index is 12.6. The lowest BCUT2D eigenvalue weighted by atomic mass is 9.72. The molecule has 0 saturated carbocycles. The Bertz CT molecular complexity index is 1730. The molecule has 0 amide bonds. The number of esters is 2. The van der Waals surface area contributed by atoms with Crippen LogP contribution >= 0.6 is 0 Å². The molecule has 2 aromatic carbocycles. The maximum absolute atomic E-state index is 12.6. The van der Waals surface area contributed by atoms with Crippen molar-refractivity contribution in [3.8, 4) is 0 Å². The highest BCUT2D eigenvalue weighted by Crippen LogP contribution is 2.42. The Hall–Kier alpha value is -3.95. The number of nitrogens with one attached hydrogen (secondary N) is 2. The van der Waals surface area contributed by atoms with Gasteiger partial charge in [-0.1, -0.05) is 36.4 Å². The van der Waals surface area contributed by atoms with Gasteiger partial charge in [-0.25, -0.2) is 9.59 Å². The average Bonchev–Trinajstić information content (AvgIpc) is 3.71. The topological polar surface area (TPSA) is 108 Å². The molecule has 8 atom stereocenters. The Balaban J connectivity index is 0.000000135. The number of rotatable bonds is 4. The van der Waals surface area contributed by atoms with E-state index in [4.69, 9.17) is 9.47 Å². The van der Waals surface area contributed by atoms with Crippen LogP contribution in [0.5, 0.6) is 0 Å². The van der Waals surface area contributed by atoms with Crippen LogP contribution in [0.3, 0.4) is 0 Å². The third kappa shape index (κ3) is 5.25. The van der Waals surface area contributed by atoms with Crippen molar-refractivity contribution in [3.05, 3.63) is 72.1 Å². The summed E-state index contributed by atoms with van der Waals surface area (Å²) < 4.78 is 11.6. The van der Waals surface area contributed by atoms with Gasteiger partial charge in [0.2, 0.25) is 0 Å². The first-order valence-corrected chi connectivity index (χ1v) is 16.5. The van der Waals surface area contributed by atoms with Gasteiger partial charge in [0, 0.05) is 90.0 Å². The first kappa shape index (κ1) is 28.5. The van der Waals surface area contributed by atoms with Gasteiger partial charge in [-0.15, -0.1) is 0 Å². The number of ketones is 1. The van der Waals surface area contributed by atoms with E-state index in [1.807, 2.05) is 48.5 Å². The number of fused-ring (bicyclic) bond motifs is 5. The zero-order valence-corrected chi connectivity index (χ0v) is 25.6. The molecule has 10 rings (SSSR count). The van der Waals surface area contributed by atoms with Crippen LogP contribution in [-0.2, 0) is 14.3 Å². The van der Waals surface area contributed by atoms with Crippen molar-refractivity contribution >= 4 is 39.5 Å². The molecule has 6 saturated heterocycles. The van der Waals surface area contributed by atoms with Gasteiger partial charge in [0.25, 0.3) is 0 Å². The number of benzene rings is 2. The van der Waals surface area contributed by atoms with E-state index >= 15 is 0 Å². The summed E-state index contributed by atoms with van der Waals surface area (Å²) in [6, 6.07) is 17.6. The number of nitrogens with zero attached hydrogens (tertiary/aromatic N) is 2. The summed E-state index contributed by atoms with van der Waals surface area (Å²) in [5.41, 5.74) is 3.19. The summed E-state index contributed by atoms with van der Waals surface area (Å²) in [7, 11) is 2.19. The van der Waals surface area contributed by atoms with Crippen molar-refractivity contribution in [2.24, 2.45) is 5.92 Å². The third-order valence-corrected chi connectivity index (χ3v) is 11.1. The Morgan fingerprint density at radius 1 is 0.689 bits per heavy atom. The number of para-hydroxylation sites is 2. The summed E-state index contributed by atoms with van der Waals surface area (Å²) >= 11 is 0. The summed E-state index contributed by atoms with van der Waals surface area (Å²) in [5.74, 6) is 0.210. The van der Waals surface area contributed by atoms with Crippen LogP contribution < -0.4 is 0 Å². The summed E-state index contributed by atoms with van der Waals surface area (Å²) in [5, 5.41) is 1.85. The second-order valence-electron chi connectivity index (χ2n) is 13.7. The third-order valence-electron chi connectivity index (χ3n) is 11.1. The number of hydrogen-bond donors (Lipinski definition) is 2. The smallest absolute Gasteiger partial charge is 0.340 e. The highest BCUT2D eigenvalue weighted by atomic mass is 16.5. The molecule has 6 aliphatic heterocycles. The van der Waals surface area contributed by atoms with Gasteiger partial charge < -0.3 is 24.3 Å². The Labute approximate surface area is 262 Å². The summed E-state index contributed by atoms with van der Waals surface area (Å²) in [6.07, 6.45) is 11.5. The standard InChI is InChI=1S/C19H20N2O3.C17H20N2O2/c22-18-10-21-12-5-11(18)6-13(21)8-14(7-12)24-19(23)16-9-20-17-4-2-1-3-15(16)17;1-19-11-6-7-12(19)9-13(8-11)21-17(20)15-10-18-16-5-3-2-4-14(15)16/h1-4,9,11-14,20H,5-8,10H2;2-5,10-13,18H,6-9H2,1H3/t11?,12-,13+,14?;11-,12+,13?. The minimum atomic E-state index is -0.242.